The number of aryl methyl sites for hydroxylation is 1. The minimum absolute atomic E-state index is 0.250. The van der Waals surface area contributed by atoms with Crippen LogP contribution in [0.3, 0.4) is 0 Å². The van der Waals surface area contributed by atoms with E-state index in [4.69, 9.17) is 9.47 Å². The van der Waals surface area contributed by atoms with Crippen molar-refractivity contribution in [2.24, 2.45) is 0 Å². The van der Waals surface area contributed by atoms with E-state index in [0.717, 1.165) is 17.7 Å². The first kappa shape index (κ1) is 26.7. The number of carbonyl (C=O) groups excluding carboxylic acids is 2. The summed E-state index contributed by atoms with van der Waals surface area (Å²) in [5, 5.41) is 2.82. The molecule has 6 nitrogen and oxygen atoms in total. The molecule has 0 radical (unpaired) electrons. The Kier molecular flexibility index (Phi) is 8.02. The number of amides is 1. The zero-order valence-electron chi connectivity index (χ0n) is 20.4. The topological polar surface area (TPSA) is 77.5 Å². The average molecular weight is 501 g/mol. The number of nitrogens with one attached hydrogen (secondary N) is 1. The molecular weight excluding hydrogens is 473 g/mol. The van der Waals surface area contributed by atoms with Crippen molar-refractivity contribution in [1.29, 1.82) is 0 Å². The maximum Gasteiger partial charge on any atom is 0.416 e. The van der Waals surface area contributed by atoms with Gasteiger partial charge in [-0.2, -0.15) is 13.2 Å². The van der Waals surface area contributed by atoms with Crippen molar-refractivity contribution in [2.75, 3.05) is 6.61 Å². The molecule has 1 N–H and O–H groups in total. The van der Waals surface area contributed by atoms with E-state index < -0.39 is 23.3 Å². The second kappa shape index (κ2) is 10.8. The van der Waals surface area contributed by atoms with Crippen molar-refractivity contribution in [3.8, 4) is 17.0 Å². The van der Waals surface area contributed by atoms with Gasteiger partial charge in [-0.05, 0) is 69.7 Å². The number of aromatic nitrogens is 1. The summed E-state index contributed by atoms with van der Waals surface area (Å²) in [6.07, 6.45) is -4.41. The van der Waals surface area contributed by atoms with Crippen molar-refractivity contribution in [3.05, 3.63) is 83.0 Å². The fourth-order valence-electron chi connectivity index (χ4n) is 3.39. The summed E-state index contributed by atoms with van der Waals surface area (Å²) in [4.78, 5) is 29.1. The Morgan fingerprint density at radius 1 is 0.944 bits per heavy atom. The summed E-state index contributed by atoms with van der Waals surface area (Å²) in [5.41, 5.74) is 0.753. The minimum atomic E-state index is -4.41. The summed E-state index contributed by atoms with van der Waals surface area (Å²) in [6.45, 7) is 7.15. The highest BCUT2D eigenvalue weighted by Crippen LogP contribution is 2.30. The van der Waals surface area contributed by atoms with E-state index in [1.807, 2.05) is 0 Å². The highest BCUT2D eigenvalue weighted by molar-refractivity contribution is 5.95. The molecule has 0 atom stereocenters. The number of halogens is 3. The van der Waals surface area contributed by atoms with Gasteiger partial charge in [0, 0.05) is 12.1 Å². The van der Waals surface area contributed by atoms with E-state index in [-0.39, 0.29) is 19.1 Å². The highest BCUT2D eigenvalue weighted by Gasteiger charge is 2.31. The van der Waals surface area contributed by atoms with E-state index in [9.17, 15) is 22.8 Å². The number of carbonyl (C=O) groups is 2. The lowest BCUT2D eigenvalue weighted by Crippen LogP contribution is -2.39. The molecule has 0 aliphatic rings. The lowest BCUT2D eigenvalue weighted by molar-refractivity contribution is -0.158. The van der Waals surface area contributed by atoms with E-state index in [0.29, 0.717) is 28.3 Å². The zero-order chi connectivity index (χ0) is 26.5. The third-order valence-corrected chi connectivity index (χ3v) is 5.35. The monoisotopic (exact) mass is 500 g/mol. The van der Waals surface area contributed by atoms with Gasteiger partial charge in [0.15, 0.2) is 5.60 Å². The molecule has 0 bridgehead atoms. The third-order valence-electron chi connectivity index (χ3n) is 5.35. The Balaban J connectivity index is 1.61. The van der Waals surface area contributed by atoms with Gasteiger partial charge >= 0.3 is 12.1 Å². The first-order chi connectivity index (χ1) is 16.9. The number of hydrogen-bond acceptors (Lipinski definition) is 5. The molecule has 3 aromatic rings. The first-order valence-corrected chi connectivity index (χ1v) is 11.3. The van der Waals surface area contributed by atoms with Crippen LogP contribution < -0.4 is 10.1 Å². The molecule has 1 heterocycles. The quantitative estimate of drug-likeness (QED) is 0.400. The van der Waals surface area contributed by atoms with Gasteiger partial charge in [0.1, 0.15) is 5.75 Å². The molecule has 36 heavy (non-hydrogen) atoms. The van der Waals surface area contributed by atoms with Crippen LogP contribution in [0.1, 0.15) is 48.0 Å². The van der Waals surface area contributed by atoms with Gasteiger partial charge in [0.25, 0.3) is 5.91 Å². The first-order valence-electron chi connectivity index (χ1n) is 11.3. The maximum absolute atomic E-state index is 12.8. The average Bonchev–Trinajstić information content (AvgIpc) is 2.83. The number of alkyl halides is 3. The Bertz CT molecular complexity index is 1220. The third kappa shape index (κ3) is 6.62. The summed E-state index contributed by atoms with van der Waals surface area (Å²) in [5.74, 6) is -0.306. The van der Waals surface area contributed by atoms with Gasteiger partial charge in [0.05, 0.1) is 29.1 Å². The molecule has 0 saturated heterocycles. The molecule has 2 aromatic carbocycles. The van der Waals surface area contributed by atoms with Crippen LogP contribution in [0, 0.1) is 6.92 Å². The standard InChI is InChI=1S/C27H27F3N2O4/c1-5-35-25(34)26(3,4)36-21-12-6-18(7-13-21)16-31-24(33)22-14-15-23(32-17(22)2)19-8-10-20(11-9-19)27(28,29)30/h6-15H,5,16H2,1-4H3,(H,31,33). The van der Waals surface area contributed by atoms with Gasteiger partial charge in [-0.1, -0.05) is 24.3 Å². The van der Waals surface area contributed by atoms with Crippen LogP contribution in [0.25, 0.3) is 11.3 Å². The number of rotatable bonds is 8. The van der Waals surface area contributed by atoms with Crippen molar-refractivity contribution in [2.45, 2.75) is 46.0 Å². The Morgan fingerprint density at radius 3 is 2.14 bits per heavy atom. The van der Waals surface area contributed by atoms with Crippen LogP contribution in [0.5, 0.6) is 5.75 Å². The molecule has 0 unspecified atom stereocenters. The van der Waals surface area contributed by atoms with Crippen LogP contribution in [0.4, 0.5) is 13.2 Å². The van der Waals surface area contributed by atoms with Crippen LogP contribution in [0.15, 0.2) is 60.7 Å². The molecule has 0 saturated carbocycles. The molecule has 0 fully saturated rings. The fraction of sp³-hybridized carbons (Fsp3) is 0.296. The summed E-state index contributed by atoms with van der Waals surface area (Å²) in [6, 6.07) is 14.9. The van der Waals surface area contributed by atoms with Crippen LogP contribution in [-0.4, -0.2) is 29.1 Å². The summed E-state index contributed by atoms with van der Waals surface area (Å²) in [7, 11) is 0. The van der Waals surface area contributed by atoms with Gasteiger partial charge < -0.3 is 14.8 Å². The number of ether oxygens (including phenoxy) is 2. The number of nitrogens with zero attached hydrogens (tertiary/aromatic N) is 1. The second-order valence-corrected chi connectivity index (χ2v) is 8.56. The van der Waals surface area contributed by atoms with Crippen molar-refractivity contribution in [1.82, 2.24) is 10.3 Å². The van der Waals surface area contributed by atoms with E-state index >= 15 is 0 Å². The normalized spacial score (nSPS) is 11.6. The van der Waals surface area contributed by atoms with Gasteiger partial charge in [-0.15, -0.1) is 0 Å². The lowest BCUT2D eigenvalue weighted by atomic mass is 10.1. The predicted octanol–water partition coefficient (Wildman–Crippen LogP) is 5.73. The predicted molar refractivity (Wildman–Crippen MR) is 128 cm³/mol. The molecular formula is C27H27F3N2O4. The van der Waals surface area contributed by atoms with E-state index in [1.165, 1.54) is 12.1 Å². The van der Waals surface area contributed by atoms with Crippen LogP contribution >= 0.6 is 0 Å². The highest BCUT2D eigenvalue weighted by atomic mass is 19.4. The Hall–Kier alpha value is -3.88. The summed E-state index contributed by atoms with van der Waals surface area (Å²) >= 11 is 0. The smallest absolute Gasteiger partial charge is 0.416 e. The molecule has 3 rings (SSSR count). The van der Waals surface area contributed by atoms with E-state index in [1.54, 1.807) is 64.1 Å². The van der Waals surface area contributed by atoms with E-state index in [2.05, 4.69) is 10.3 Å². The largest absolute Gasteiger partial charge is 0.476 e. The number of benzene rings is 2. The Morgan fingerprint density at radius 2 is 1.58 bits per heavy atom. The maximum atomic E-state index is 12.8. The van der Waals surface area contributed by atoms with Crippen LogP contribution in [-0.2, 0) is 22.3 Å². The molecule has 190 valence electrons. The lowest BCUT2D eigenvalue weighted by Gasteiger charge is -2.24. The summed E-state index contributed by atoms with van der Waals surface area (Å²) < 4.78 is 49.1. The molecule has 9 heteroatoms. The number of esters is 1. The van der Waals surface area contributed by atoms with Crippen molar-refractivity contribution < 1.29 is 32.2 Å². The van der Waals surface area contributed by atoms with Gasteiger partial charge in [-0.25, -0.2) is 4.79 Å². The second-order valence-electron chi connectivity index (χ2n) is 8.56. The molecule has 1 aromatic heterocycles. The minimum Gasteiger partial charge on any atom is -0.476 e. The Labute approximate surface area is 207 Å². The molecule has 1 amide bonds. The molecule has 0 aliphatic carbocycles. The van der Waals surface area contributed by atoms with Gasteiger partial charge in [0.2, 0.25) is 0 Å². The van der Waals surface area contributed by atoms with Crippen molar-refractivity contribution in [3.63, 3.8) is 0 Å². The van der Waals surface area contributed by atoms with Crippen LogP contribution in [0.2, 0.25) is 0 Å². The zero-order valence-corrected chi connectivity index (χ0v) is 20.4. The molecule has 0 spiro atoms. The fourth-order valence-corrected chi connectivity index (χ4v) is 3.39. The number of hydrogen-bond donors (Lipinski definition) is 1. The van der Waals surface area contributed by atoms with Crippen molar-refractivity contribution >= 4 is 11.9 Å². The van der Waals surface area contributed by atoms with Gasteiger partial charge in [-0.3, -0.25) is 9.78 Å². The molecule has 0 aliphatic heterocycles. The number of pyridine rings is 1. The SMILES string of the molecule is CCOC(=O)C(C)(C)Oc1ccc(CNC(=O)c2ccc(-c3ccc(C(F)(F)F)cc3)nc2C)cc1.